The number of aryl methyl sites for hydroxylation is 1. The Labute approximate surface area is 90.8 Å². The summed E-state index contributed by atoms with van der Waals surface area (Å²) in [6, 6.07) is 0.532. The van der Waals surface area contributed by atoms with Gasteiger partial charge in [0.05, 0.1) is 0 Å². The lowest BCUT2D eigenvalue weighted by Gasteiger charge is -2.05. The molecule has 0 aromatic carbocycles. The average molecular weight is 212 g/mol. The Morgan fingerprint density at radius 1 is 1.40 bits per heavy atom. The van der Waals surface area contributed by atoms with Crippen LogP contribution in [0.4, 0.5) is 5.95 Å². The summed E-state index contributed by atoms with van der Waals surface area (Å²) >= 11 is 0. The summed E-state index contributed by atoms with van der Waals surface area (Å²) in [5.74, 6) is 1.35. The van der Waals surface area contributed by atoms with Gasteiger partial charge in [0.2, 0.25) is 5.89 Å². The van der Waals surface area contributed by atoms with E-state index in [0.29, 0.717) is 17.9 Å². The zero-order valence-corrected chi connectivity index (χ0v) is 9.95. The van der Waals surface area contributed by atoms with Crippen molar-refractivity contribution in [2.75, 3.05) is 25.5 Å². The van der Waals surface area contributed by atoms with Crippen molar-refractivity contribution in [1.29, 1.82) is 0 Å². The summed E-state index contributed by atoms with van der Waals surface area (Å²) in [6.07, 6.45) is 1.85. The molecule has 5 heteroatoms. The molecule has 0 aliphatic heterocycles. The number of nitrogens with zero attached hydrogens (tertiary/aromatic N) is 3. The zero-order valence-electron chi connectivity index (χ0n) is 9.95. The Bertz CT molecular complexity index is 283. The summed E-state index contributed by atoms with van der Waals surface area (Å²) in [5.41, 5.74) is 0. The van der Waals surface area contributed by atoms with E-state index in [1.165, 1.54) is 0 Å². The quantitative estimate of drug-likeness (QED) is 0.715. The van der Waals surface area contributed by atoms with Crippen molar-refractivity contribution < 1.29 is 4.52 Å². The molecule has 1 N–H and O–H groups in total. The van der Waals surface area contributed by atoms with Gasteiger partial charge in [-0.3, -0.25) is 0 Å². The third-order valence-corrected chi connectivity index (χ3v) is 1.98. The smallest absolute Gasteiger partial charge is 0.265 e. The second kappa shape index (κ2) is 5.70. The predicted octanol–water partition coefficient (Wildman–Crippen LogP) is 1.07. The standard InChI is InChI=1S/C10H20N4O/c1-8(2)11-7-5-6-9-12-10(13-15-9)14(3)4/h8,11H,5-7H2,1-4H3. The molecule has 0 saturated carbocycles. The highest BCUT2D eigenvalue weighted by Gasteiger charge is 2.06. The van der Waals surface area contributed by atoms with Crippen LogP contribution in [-0.4, -0.2) is 36.8 Å². The van der Waals surface area contributed by atoms with Gasteiger partial charge in [0.25, 0.3) is 5.95 Å². The highest BCUT2D eigenvalue weighted by Crippen LogP contribution is 2.06. The minimum atomic E-state index is 0.532. The van der Waals surface area contributed by atoms with Crippen LogP contribution in [0.15, 0.2) is 4.52 Å². The number of aromatic nitrogens is 2. The minimum Gasteiger partial charge on any atom is -0.344 e. The van der Waals surface area contributed by atoms with Crippen LogP contribution in [0.5, 0.6) is 0 Å². The predicted molar refractivity (Wildman–Crippen MR) is 60.1 cm³/mol. The highest BCUT2D eigenvalue weighted by molar-refractivity contribution is 5.23. The normalized spacial score (nSPS) is 11.0. The summed E-state index contributed by atoms with van der Waals surface area (Å²) in [7, 11) is 3.80. The van der Waals surface area contributed by atoms with Crippen LogP contribution in [0, 0.1) is 0 Å². The van der Waals surface area contributed by atoms with E-state index in [4.69, 9.17) is 4.52 Å². The van der Waals surface area contributed by atoms with Crippen LogP contribution in [0.3, 0.4) is 0 Å². The van der Waals surface area contributed by atoms with Crippen LogP contribution in [-0.2, 0) is 6.42 Å². The molecule has 0 atom stereocenters. The van der Waals surface area contributed by atoms with Gasteiger partial charge in [-0.25, -0.2) is 0 Å². The molecule has 0 radical (unpaired) electrons. The van der Waals surface area contributed by atoms with Crippen LogP contribution < -0.4 is 10.2 Å². The Balaban J connectivity index is 2.26. The molecule has 0 saturated heterocycles. The number of hydrogen-bond donors (Lipinski definition) is 1. The SMILES string of the molecule is CC(C)NCCCc1nc(N(C)C)no1. The topological polar surface area (TPSA) is 54.2 Å². The Morgan fingerprint density at radius 3 is 2.67 bits per heavy atom. The Hall–Kier alpha value is -1.10. The number of hydrogen-bond acceptors (Lipinski definition) is 5. The molecule has 86 valence electrons. The van der Waals surface area contributed by atoms with E-state index in [9.17, 15) is 0 Å². The van der Waals surface area contributed by atoms with Crippen molar-refractivity contribution in [3.63, 3.8) is 0 Å². The van der Waals surface area contributed by atoms with E-state index in [1.807, 2.05) is 19.0 Å². The van der Waals surface area contributed by atoms with Gasteiger partial charge in [-0.15, -0.1) is 0 Å². The molecule has 15 heavy (non-hydrogen) atoms. The van der Waals surface area contributed by atoms with Gasteiger partial charge in [-0.1, -0.05) is 13.8 Å². The monoisotopic (exact) mass is 212 g/mol. The molecule has 0 aliphatic rings. The van der Waals surface area contributed by atoms with Crippen molar-refractivity contribution in [2.45, 2.75) is 32.7 Å². The van der Waals surface area contributed by atoms with Crippen LogP contribution in [0.2, 0.25) is 0 Å². The third kappa shape index (κ3) is 4.29. The molecule has 5 nitrogen and oxygen atoms in total. The zero-order chi connectivity index (χ0) is 11.3. The third-order valence-electron chi connectivity index (χ3n) is 1.98. The van der Waals surface area contributed by atoms with Crippen LogP contribution >= 0.6 is 0 Å². The van der Waals surface area contributed by atoms with Crippen molar-refractivity contribution in [1.82, 2.24) is 15.5 Å². The summed E-state index contributed by atoms with van der Waals surface area (Å²) in [6.45, 7) is 5.25. The molecule has 0 spiro atoms. The summed E-state index contributed by atoms with van der Waals surface area (Å²) in [4.78, 5) is 6.08. The van der Waals surface area contributed by atoms with Crippen molar-refractivity contribution in [2.24, 2.45) is 0 Å². The average Bonchev–Trinajstić information content (AvgIpc) is 2.60. The summed E-state index contributed by atoms with van der Waals surface area (Å²) < 4.78 is 5.10. The van der Waals surface area contributed by atoms with Crippen molar-refractivity contribution in [3.8, 4) is 0 Å². The lowest BCUT2D eigenvalue weighted by atomic mass is 10.3. The maximum atomic E-state index is 5.10. The molecule has 1 heterocycles. The van der Waals surface area contributed by atoms with Crippen molar-refractivity contribution in [3.05, 3.63) is 5.89 Å². The fourth-order valence-corrected chi connectivity index (χ4v) is 1.16. The molecule has 0 fully saturated rings. The van der Waals surface area contributed by atoms with E-state index in [2.05, 4.69) is 29.3 Å². The van der Waals surface area contributed by atoms with Gasteiger partial charge in [0.15, 0.2) is 0 Å². The molecule has 0 aliphatic carbocycles. The molecule has 0 bridgehead atoms. The van der Waals surface area contributed by atoms with Gasteiger partial charge in [-0.2, -0.15) is 4.98 Å². The second-order valence-electron chi connectivity index (χ2n) is 4.09. The van der Waals surface area contributed by atoms with Gasteiger partial charge < -0.3 is 14.7 Å². The molecular formula is C10H20N4O. The number of anilines is 1. The Morgan fingerprint density at radius 2 is 2.13 bits per heavy atom. The molecule has 1 aromatic heterocycles. The minimum absolute atomic E-state index is 0.532. The van der Waals surface area contributed by atoms with Gasteiger partial charge in [0, 0.05) is 26.6 Å². The molecular weight excluding hydrogens is 192 g/mol. The van der Waals surface area contributed by atoms with E-state index in [0.717, 1.165) is 19.4 Å². The maximum Gasteiger partial charge on any atom is 0.265 e. The fraction of sp³-hybridized carbons (Fsp3) is 0.800. The van der Waals surface area contributed by atoms with E-state index in [1.54, 1.807) is 0 Å². The summed E-state index contributed by atoms with van der Waals surface area (Å²) in [5, 5.41) is 7.19. The first-order valence-corrected chi connectivity index (χ1v) is 5.33. The molecule has 1 rings (SSSR count). The second-order valence-corrected chi connectivity index (χ2v) is 4.09. The molecule has 0 amide bonds. The van der Waals surface area contributed by atoms with E-state index in [-0.39, 0.29) is 0 Å². The maximum absolute atomic E-state index is 5.10. The van der Waals surface area contributed by atoms with E-state index >= 15 is 0 Å². The molecule has 1 aromatic rings. The van der Waals surface area contributed by atoms with Gasteiger partial charge in [-0.05, 0) is 18.1 Å². The van der Waals surface area contributed by atoms with Crippen molar-refractivity contribution >= 4 is 5.95 Å². The Kier molecular flexibility index (Phi) is 4.55. The van der Waals surface area contributed by atoms with Gasteiger partial charge >= 0.3 is 0 Å². The highest BCUT2D eigenvalue weighted by atomic mass is 16.5. The lowest BCUT2D eigenvalue weighted by molar-refractivity contribution is 0.373. The fourth-order valence-electron chi connectivity index (χ4n) is 1.16. The van der Waals surface area contributed by atoms with Crippen LogP contribution in [0.1, 0.15) is 26.2 Å². The first-order valence-electron chi connectivity index (χ1n) is 5.33. The number of rotatable bonds is 6. The first-order chi connectivity index (χ1) is 7.09. The van der Waals surface area contributed by atoms with Gasteiger partial charge in [0.1, 0.15) is 0 Å². The first kappa shape index (κ1) is 12.0. The number of nitrogens with one attached hydrogen (secondary N) is 1. The lowest BCUT2D eigenvalue weighted by Crippen LogP contribution is -2.23. The molecule has 0 unspecified atom stereocenters. The van der Waals surface area contributed by atoms with E-state index < -0.39 is 0 Å². The van der Waals surface area contributed by atoms with Crippen LogP contribution in [0.25, 0.3) is 0 Å². The largest absolute Gasteiger partial charge is 0.344 e.